The van der Waals surface area contributed by atoms with Crippen molar-refractivity contribution in [2.24, 2.45) is 16.3 Å². The lowest BCUT2D eigenvalue weighted by atomic mass is 9.78. The van der Waals surface area contributed by atoms with Crippen molar-refractivity contribution in [3.05, 3.63) is 18.0 Å². The summed E-state index contributed by atoms with van der Waals surface area (Å²) in [6, 6.07) is 1.83. The Morgan fingerprint density at radius 1 is 1.38 bits per heavy atom. The molecular formula is C17H31IN4O2. The number of hydrogen-bond acceptors (Lipinski definition) is 4. The van der Waals surface area contributed by atoms with Gasteiger partial charge in [0.2, 0.25) is 0 Å². The van der Waals surface area contributed by atoms with E-state index in [1.165, 1.54) is 6.42 Å². The van der Waals surface area contributed by atoms with E-state index >= 15 is 0 Å². The number of guanidine groups is 1. The maximum Gasteiger partial charge on any atom is 0.191 e. The van der Waals surface area contributed by atoms with Crippen LogP contribution in [0.25, 0.3) is 0 Å². The van der Waals surface area contributed by atoms with Crippen LogP contribution in [0.5, 0.6) is 0 Å². The molecule has 1 fully saturated rings. The van der Waals surface area contributed by atoms with Crippen LogP contribution < -0.4 is 10.6 Å². The molecule has 1 aromatic heterocycles. The first-order valence-electron chi connectivity index (χ1n) is 8.53. The van der Waals surface area contributed by atoms with Crippen molar-refractivity contribution >= 4 is 29.9 Å². The van der Waals surface area contributed by atoms with Gasteiger partial charge in [-0.05, 0) is 25.2 Å². The minimum Gasteiger partial charge on any atom is -0.377 e. The molecule has 0 spiro atoms. The lowest BCUT2D eigenvalue weighted by Gasteiger charge is -2.40. The zero-order valence-corrected chi connectivity index (χ0v) is 17.5. The van der Waals surface area contributed by atoms with Crippen molar-refractivity contribution in [1.29, 1.82) is 0 Å². The molecule has 138 valence electrons. The van der Waals surface area contributed by atoms with Crippen LogP contribution in [0.15, 0.2) is 21.8 Å². The second kappa shape index (κ2) is 10.2. The lowest BCUT2D eigenvalue weighted by Crippen LogP contribution is -2.47. The van der Waals surface area contributed by atoms with Crippen molar-refractivity contribution in [1.82, 2.24) is 15.8 Å². The Morgan fingerprint density at radius 2 is 2.17 bits per heavy atom. The van der Waals surface area contributed by atoms with Gasteiger partial charge in [-0.3, -0.25) is 0 Å². The molecule has 0 radical (unpaired) electrons. The van der Waals surface area contributed by atoms with Crippen molar-refractivity contribution < 1.29 is 9.26 Å². The molecular weight excluding hydrogens is 419 g/mol. The first-order valence-corrected chi connectivity index (χ1v) is 8.53. The Bertz CT molecular complexity index is 485. The van der Waals surface area contributed by atoms with Crippen LogP contribution in [-0.4, -0.2) is 36.9 Å². The van der Waals surface area contributed by atoms with E-state index < -0.39 is 0 Å². The molecule has 7 heteroatoms. The number of aromatic nitrogens is 1. The summed E-state index contributed by atoms with van der Waals surface area (Å²) in [4.78, 5) is 4.56. The number of hydrogen-bond donors (Lipinski definition) is 2. The number of nitrogens with zero attached hydrogens (tertiary/aromatic N) is 2. The van der Waals surface area contributed by atoms with E-state index in [1.807, 2.05) is 6.07 Å². The van der Waals surface area contributed by atoms with E-state index in [1.54, 1.807) is 6.26 Å². The molecule has 1 saturated heterocycles. The maximum absolute atomic E-state index is 6.04. The molecule has 24 heavy (non-hydrogen) atoms. The van der Waals surface area contributed by atoms with Crippen LogP contribution >= 0.6 is 24.0 Å². The number of ether oxygens (including phenoxy) is 1. The topological polar surface area (TPSA) is 71.7 Å². The third-order valence-electron chi connectivity index (χ3n) is 4.06. The molecule has 0 aromatic carbocycles. The second-order valence-corrected chi connectivity index (χ2v) is 7.13. The second-order valence-electron chi connectivity index (χ2n) is 7.13. The average Bonchev–Trinajstić information content (AvgIpc) is 3.03. The predicted octanol–water partition coefficient (Wildman–Crippen LogP) is 3.19. The largest absolute Gasteiger partial charge is 0.377 e. The van der Waals surface area contributed by atoms with Crippen LogP contribution in [0.2, 0.25) is 0 Å². The molecule has 6 nitrogen and oxygen atoms in total. The first kappa shape index (κ1) is 21.2. The summed E-state index contributed by atoms with van der Waals surface area (Å²) in [5, 5.41) is 10.6. The standard InChI is InChI=1S/C17H30N4O2.HI/c1-5-18-16(20-12-14-8-10-23-21-14)19-11-13-7-6-9-22-15(13)17(2,3)4;/h8,10,13,15H,5-7,9,11-12H2,1-4H3,(H2,18,19,20);1H. The van der Waals surface area contributed by atoms with Crippen LogP contribution in [0.1, 0.15) is 46.2 Å². The summed E-state index contributed by atoms with van der Waals surface area (Å²) in [6.45, 7) is 11.9. The summed E-state index contributed by atoms with van der Waals surface area (Å²) in [7, 11) is 0. The molecule has 2 heterocycles. The smallest absolute Gasteiger partial charge is 0.191 e. The fraction of sp³-hybridized carbons (Fsp3) is 0.765. The fourth-order valence-corrected chi connectivity index (χ4v) is 3.06. The monoisotopic (exact) mass is 450 g/mol. The van der Waals surface area contributed by atoms with Crippen LogP contribution in [-0.2, 0) is 11.3 Å². The molecule has 0 bridgehead atoms. The van der Waals surface area contributed by atoms with E-state index in [9.17, 15) is 0 Å². The molecule has 2 N–H and O–H groups in total. The number of aliphatic imine (C=N–C) groups is 1. The molecule has 2 atom stereocenters. The summed E-state index contributed by atoms with van der Waals surface area (Å²) in [6.07, 6.45) is 4.17. The van der Waals surface area contributed by atoms with Crippen molar-refractivity contribution in [2.75, 3.05) is 19.7 Å². The third kappa shape index (κ3) is 6.58. The van der Waals surface area contributed by atoms with Gasteiger partial charge < -0.3 is 19.9 Å². The highest BCUT2D eigenvalue weighted by Crippen LogP contribution is 2.33. The van der Waals surface area contributed by atoms with Crippen LogP contribution in [0, 0.1) is 11.3 Å². The van der Waals surface area contributed by atoms with Crippen molar-refractivity contribution in [2.45, 2.75) is 53.2 Å². The van der Waals surface area contributed by atoms with Crippen LogP contribution in [0.3, 0.4) is 0 Å². The van der Waals surface area contributed by atoms with Crippen molar-refractivity contribution in [3.63, 3.8) is 0 Å². The zero-order chi connectivity index (χ0) is 16.7. The Balaban J connectivity index is 0.00000288. The van der Waals surface area contributed by atoms with Gasteiger partial charge in [0.05, 0.1) is 12.6 Å². The average molecular weight is 450 g/mol. The summed E-state index contributed by atoms with van der Waals surface area (Å²) < 4.78 is 10.9. The van der Waals surface area contributed by atoms with Gasteiger partial charge in [0.1, 0.15) is 12.0 Å². The number of rotatable bonds is 5. The molecule has 0 aliphatic carbocycles. The van der Waals surface area contributed by atoms with Gasteiger partial charge >= 0.3 is 0 Å². The Morgan fingerprint density at radius 3 is 2.79 bits per heavy atom. The van der Waals surface area contributed by atoms with Crippen molar-refractivity contribution in [3.8, 4) is 0 Å². The summed E-state index contributed by atoms with van der Waals surface area (Å²) in [5.74, 6) is 1.31. The van der Waals surface area contributed by atoms with Gasteiger partial charge in [-0.2, -0.15) is 0 Å². The maximum atomic E-state index is 6.04. The van der Waals surface area contributed by atoms with Crippen LogP contribution in [0.4, 0.5) is 0 Å². The van der Waals surface area contributed by atoms with E-state index in [4.69, 9.17) is 9.26 Å². The van der Waals surface area contributed by atoms with E-state index in [0.29, 0.717) is 12.5 Å². The highest BCUT2D eigenvalue weighted by molar-refractivity contribution is 14.0. The molecule has 0 saturated carbocycles. The Hall–Kier alpha value is -0.830. The minimum absolute atomic E-state index is 0. The molecule has 0 amide bonds. The van der Waals surface area contributed by atoms with E-state index in [2.05, 4.69) is 48.5 Å². The quantitative estimate of drug-likeness (QED) is 0.410. The summed E-state index contributed by atoms with van der Waals surface area (Å²) >= 11 is 0. The summed E-state index contributed by atoms with van der Waals surface area (Å²) in [5.41, 5.74) is 0.985. The Kier molecular flexibility index (Phi) is 9.04. The molecule has 1 aliphatic rings. The minimum atomic E-state index is 0. The van der Waals surface area contributed by atoms with Gasteiger partial charge in [-0.25, -0.2) is 4.99 Å². The van der Waals surface area contributed by atoms with Gasteiger partial charge in [0.25, 0.3) is 0 Å². The number of nitrogens with one attached hydrogen (secondary N) is 2. The highest BCUT2D eigenvalue weighted by atomic mass is 127. The fourth-order valence-electron chi connectivity index (χ4n) is 3.06. The third-order valence-corrected chi connectivity index (χ3v) is 4.06. The van der Waals surface area contributed by atoms with E-state index in [0.717, 1.165) is 37.8 Å². The lowest BCUT2D eigenvalue weighted by molar-refractivity contribution is -0.0835. The van der Waals surface area contributed by atoms with Gasteiger partial charge in [-0.15, -0.1) is 24.0 Å². The molecule has 1 aliphatic heterocycles. The van der Waals surface area contributed by atoms with Gasteiger partial charge in [-0.1, -0.05) is 25.9 Å². The van der Waals surface area contributed by atoms with E-state index in [-0.39, 0.29) is 35.5 Å². The highest BCUT2D eigenvalue weighted by Gasteiger charge is 2.35. The zero-order valence-electron chi connectivity index (χ0n) is 15.2. The normalized spacial score (nSPS) is 21.9. The van der Waals surface area contributed by atoms with Gasteiger partial charge in [0.15, 0.2) is 5.96 Å². The molecule has 1 aromatic rings. The molecule has 2 rings (SSSR count). The number of halogens is 1. The van der Waals surface area contributed by atoms with Gasteiger partial charge in [0, 0.05) is 31.7 Å². The Labute approximate surface area is 162 Å². The predicted molar refractivity (Wildman–Crippen MR) is 107 cm³/mol. The SMILES string of the molecule is CCNC(=NCc1ccon1)NCC1CCCOC1C(C)(C)C.I. The first-order chi connectivity index (χ1) is 11.0. The molecule has 2 unspecified atom stereocenters.